The van der Waals surface area contributed by atoms with Crippen LogP contribution in [-0.4, -0.2) is 123 Å². The minimum absolute atomic E-state index is 0.00505. The molecule has 7 rings (SSSR count). The van der Waals surface area contributed by atoms with E-state index in [0.29, 0.717) is 63.4 Å². The number of hydrazine groups is 1. The molecule has 17 nitrogen and oxygen atoms in total. The Kier molecular flexibility index (Phi) is 20.1. The number of nitrogens with one attached hydrogen (secondary N) is 4. The summed E-state index contributed by atoms with van der Waals surface area (Å²) in [4.78, 5) is 70.4. The molecule has 0 aliphatic carbocycles. The SMILES string of the molecule is CC[C@H]1C[C@H](C)[C@@]2(NC1=O)O[C@@H](C[C@H](O)[C@@H](C)CC/C=C/C=C(\C)[C@@H]1C/C=C/C=C\[C@@H]3OC4(C)CC[C@@H](C(=O)N[C@@H](C(C)C)C(=O)N[C@@H](Cc5cccc(O)c5)C(=O)N5CCC[C@H](N5)C(=O)O1)[C@H](O4)[C@H]3C)[C@H](C)[C@H](O)[C@@H]2C. The molecule has 5 bridgehead atoms. The summed E-state index contributed by atoms with van der Waals surface area (Å²) in [6.45, 7) is 19.7. The molecule has 1 aromatic carbocycles. The third-order valence-corrected chi connectivity index (χ3v) is 17.7. The Morgan fingerprint density at radius 1 is 0.961 bits per heavy atom. The van der Waals surface area contributed by atoms with Crippen LogP contribution in [-0.2, 0) is 49.3 Å². The maximum absolute atomic E-state index is 14.6. The van der Waals surface area contributed by atoms with Gasteiger partial charge in [0, 0.05) is 61.8 Å². The molecule has 1 spiro atoms. The Labute approximate surface area is 456 Å². The number of piperidine rings is 1. The highest BCUT2D eigenvalue weighted by molar-refractivity contribution is 5.93. The first-order valence-corrected chi connectivity index (χ1v) is 28.6. The van der Waals surface area contributed by atoms with Crippen LogP contribution in [0.2, 0.25) is 0 Å². The van der Waals surface area contributed by atoms with Gasteiger partial charge in [-0.05, 0) is 93.9 Å². The highest BCUT2D eigenvalue weighted by atomic mass is 16.7. The van der Waals surface area contributed by atoms with E-state index in [9.17, 15) is 39.3 Å². The molecule has 4 amide bonds. The number of carbonyl (C=O) groups is 5. The number of amides is 4. The maximum Gasteiger partial charge on any atom is 0.325 e. The molecule has 1 aromatic rings. The first-order valence-electron chi connectivity index (χ1n) is 28.6. The number of esters is 1. The molecule has 17 heteroatoms. The highest BCUT2D eigenvalue weighted by Crippen LogP contribution is 2.47. The Morgan fingerprint density at radius 2 is 1.73 bits per heavy atom. The van der Waals surface area contributed by atoms with Crippen molar-refractivity contribution in [3.63, 3.8) is 0 Å². The topological polar surface area (TPSA) is 234 Å². The van der Waals surface area contributed by atoms with Crippen LogP contribution in [0.4, 0.5) is 0 Å². The fraction of sp³-hybridized carbons (Fsp3) is 0.683. The van der Waals surface area contributed by atoms with Gasteiger partial charge in [-0.15, -0.1) is 0 Å². The Morgan fingerprint density at radius 3 is 2.45 bits per heavy atom. The van der Waals surface area contributed by atoms with Crippen LogP contribution in [0.1, 0.15) is 139 Å². The average Bonchev–Trinajstić information content (AvgIpc) is 3.40. The first kappa shape index (κ1) is 59.7. The molecule has 0 radical (unpaired) electrons. The van der Waals surface area contributed by atoms with E-state index in [1.54, 1.807) is 12.1 Å². The largest absolute Gasteiger partial charge is 0.508 e. The van der Waals surface area contributed by atoms with Gasteiger partial charge >= 0.3 is 5.97 Å². The van der Waals surface area contributed by atoms with Gasteiger partial charge in [-0.2, -0.15) is 0 Å². The number of hydrogen-bond acceptors (Lipinski definition) is 13. The molecule has 6 aliphatic rings. The minimum atomic E-state index is -1.13. The second-order valence-corrected chi connectivity index (χ2v) is 23.8. The third-order valence-electron chi connectivity index (χ3n) is 17.7. The molecule has 0 saturated carbocycles. The van der Waals surface area contributed by atoms with Crippen LogP contribution in [0.15, 0.2) is 72.4 Å². The van der Waals surface area contributed by atoms with Crippen molar-refractivity contribution in [3.8, 4) is 5.75 Å². The van der Waals surface area contributed by atoms with Gasteiger partial charge in [0.15, 0.2) is 5.79 Å². The van der Waals surface area contributed by atoms with Crippen molar-refractivity contribution in [1.82, 2.24) is 26.4 Å². The summed E-state index contributed by atoms with van der Waals surface area (Å²) < 4.78 is 26.0. The van der Waals surface area contributed by atoms with Crippen molar-refractivity contribution < 1.29 is 58.2 Å². The zero-order valence-electron chi connectivity index (χ0n) is 47.1. The van der Waals surface area contributed by atoms with Crippen LogP contribution < -0.4 is 21.4 Å². The molecular weight excluding hydrogens is 983 g/mol. The number of cyclic esters (lactones) is 1. The lowest BCUT2D eigenvalue weighted by atomic mass is 9.69. The number of nitrogens with zero attached hydrogens (tertiary/aromatic N) is 1. The number of carbonyl (C=O) groups excluding carboxylic acids is 5. The number of phenols is 1. The highest BCUT2D eigenvalue weighted by Gasteiger charge is 2.57. The van der Waals surface area contributed by atoms with Gasteiger partial charge in [0.2, 0.25) is 17.7 Å². The second kappa shape index (κ2) is 25.9. The van der Waals surface area contributed by atoms with E-state index in [2.05, 4.69) is 28.3 Å². The molecule has 0 aromatic heterocycles. The number of rotatable bonds is 12. The quantitative estimate of drug-likeness (QED) is 0.0864. The summed E-state index contributed by atoms with van der Waals surface area (Å²) in [5.74, 6) is -4.70. The van der Waals surface area contributed by atoms with Gasteiger partial charge in [0.1, 0.15) is 35.7 Å². The molecule has 7 N–H and O–H groups in total. The lowest BCUT2D eigenvalue weighted by molar-refractivity contribution is -0.344. The summed E-state index contributed by atoms with van der Waals surface area (Å²) in [5, 5.41) is 43.7. The van der Waals surface area contributed by atoms with Crippen LogP contribution >= 0.6 is 0 Å². The summed E-state index contributed by atoms with van der Waals surface area (Å²) in [5.41, 5.74) is 3.50. The lowest BCUT2D eigenvalue weighted by Gasteiger charge is -2.56. The number of phenolic OH excluding ortho intramolecular Hbond substituents is 1. The molecule has 1 unspecified atom stereocenters. The van der Waals surface area contributed by atoms with Gasteiger partial charge < -0.3 is 50.2 Å². The number of hydrogen-bond donors (Lipinski definition) is 7. The molecule has 6 heterocycles. The Balaban J connectivity index is 1.07. The standard InChI is InChI=1S/C60H89N5O12/c1-11-42-30-37(6)60(63-54(42)69)40(9)52(68)38(7)50(76-60)33-47(67)35(4)20-14-12-15-21-36(5)48-25-16-13-17-26-49-39(8)53-44(27-28-59(10,75-49)77-53)55(70)62-51(34(2)3)56(71)61-46(32-41-22-18-23-43(66)31-41)57(72)65-29-19-24-45(64-65)58(73)74-48/h12-13,15-18,21-23,26,31,34-35,37-40,42,44-53,64,66-68H,11,14,19-20,24-25,27-30,32-33H2,1-10H3,(H,61,71)(H,62,70)(H,63,69)/b15-12+,16-13+,26-17-,36-21+/t35-,37-,38-,39-,40-,42-,44+,45-,46-,47-,48-,49-,50-,51-,52-,53+,59?,60+/m0/s1. The van der Waals surface area contributed by atoms with Crippen LogP contribution in [0.5, 0.6) is 5.75 Å². The monoisotopic (exact) mass is 1070 g/mol. The van der Waals surface area contributed by atoms with Gasteiger partial charge in [0.25, 0.3) is 5.91 Å². The molecule has 18 atom stereocenters. The number of aromatic hydroxyl groups is 1. The first-order chi connectivity index (χ1) is 36.5. The van der Waals surface area contributed by atoms with Gasteiger partial charge in [0.05, 0.1) is 36.4 Å². The molecular formula is C60H89N5O12. The summed E-state index contributed by atoms with van der Waals surface area (Å²) in [7, 11) is 0. The van der Waals surface area contributed by atoms with Crippen LogP contribution in [0.25, 0.3) is 0 Å². The zero-order valence-corrected chi connectivity index (χ0v) is 47.1. The van der Waals surface area contributed by atoms with Crippen molar-refractivity contribution in [2.45, 2.75) is 206 Å². The predicted octanol–water partition coefficient (Wildman–Crippen LogP) is 6.61. The van der Waals surface area contributed by atoms with E-state index in [1.807, 2.05) is 105 Å². The van der Waals surface area contributed by atoms with Crippen molar-refractivity contribution in [3.05, 3.63) is 77.9 Å². The molecule has 77 heavy (non-hydrogen) atoms. The summed E-state index contributed by atoms with van der Waals surface area (Å²) in [6.07, 6.45) is 15.4. The number of aliphatic hydroxyl groups excluding tert-OH is 2. The van der Waals surface area contributed by atoms with Gasteiger partial charge in [-0.3, -0.25) is 29.0 Å². The van der Waals surface area contributed by atoms with Crippen molar-refractivity contribution in [2.75, 3.05) is 6.54 Å². The zero-order chi connectivity index (χ0) is 55.9. The number of ether oxygens (including phenoxy) is 4. The number of aliphatic hydroxyl groups is 2. The Bertz CT molecular complexity index is 2370. The van der Waals surface area contributed by atoms with E-state index >= 15 is 0 Å². The molecule has 5 fully saturated rings. The van der Waals surface area contributed by atoms with E-state index in [-0.39, 0.29) is 78.1 Å². The smallest absolute Gasteiger partial charge is 0.325 e. The van der Waals surface area contributed by atoms with Gasteiger partial charge in [-0.1, -0.05) is 110 Å². The molecule has 6 aliphatic heterocycles. The number of allylic oxidation sites excluding steroid dienone is 5. The summed E-state index contributed by atoms with van der Waals surface area (Å²) >= 11 is 0. The number of benzene rings is 1. The maximum atomic E-state index is 14.6. The molecule has 5 saturated heterocycles. The van der Waals surface area contributed by atoms with Crippen molar-refractivity contribution in [2.24, 2.45) is 47.3 Å². The second-order valence-electron chi connectivity index (χ2n) is 23.8. The van der Waals surface area contributed by atoms with E-state index in [4.69, 9.17) is 18.9 Å². The van der Waals surface area contributed by atoms with E-state index < -0.39 is 83.9 Å². The fourth-order valence-electron chi connectivity index (χ4n) is 12.4. The average molecular weight is 1070 g/mol. The predicted molar refractivity (Wildman–Crippen MR) is 291 cm³/mol. The van der Waals surface area contributed by atoms with Gasteiger partial charge in [-0.25, -0.2) is 5.43 Å². The van der Waals surface area contributed by atoms with Crippen LogP contribution in [0, 0.1) is 47.3 Å². The number of fused-ring (bicyclic) bond motifs is 4. The van der Waals surface area contributed by atoms with E-state index in [0.717, 1.165) is 12.0 Å². The lowest BCUT2D eigenvalue weighted by Crippen LogP contribution is -2.71. The van der Waals surface area contributed by atoms with Crippen molar-refractivity contribution >= 4 is 29.6 Å². The Hall–Kier alpha value is -4.91. The van der Waals surface area contributed by atoms with E-state index in [1.165, 1.54) is 17.1 Å². The third kappa shape index (κ3) is 14.1. The summed E-state index contributed by atoms with van der Waals surface area (Å²) in [6, 6.07) is 3.48. The fourth-order valence-corrected chi connectivity index (χ4v) is 12.4. The normalized spacial score (nSPS) is 38.5. The van der Waals surface area contributed by atoms with Crippen molar-refractivity contribution in [1.29, 1.82) is 0 Å². The molecule has 426 valence electrons. The minimum Gasteiger partial charge on any atom is -0.508 e. The van der Waals surface area contributed by atoms with Crippen LogP contribution in [0.3, 0.4) is 0 Å².